The van der Waals surface area contributed by atoms with Crippen LogP contribution in [-0.2, 0) is 0 Å². The monoisotopic (exact) mass is 431 g/mol. The summed E-state index contributed by atoms with van der Waals surface area (Å²) in [4.78, 5) is 26.5. The van der Waals surface area contributed by atoms with Gasteiger partial charge in [-0.05, 0) is 24.0 Å². The number of pyridine rings is 1. The van der Waals surface area contributed by atoms with E-state index in [1.165, 1.54) is 10.8 Å². The van der Waals surface area contributed by atoms with E-state index < -0.39 is 23.6 Å². The molecule has 5 rings (SSSR count). The number of benzene rings is 1. The summed E-state index contributed by atoms with van der Waals surface area (Å²) in [5.41, 5.74) is 6.51. The van der Waals surface area contributed by atoms with Crippen LogP contribution in [0.25, 0.3) is 10.9 Å². The van der Waals surface area contributed by atoms with Crippen molar-refractivity contribution >= 4 is 34.2 Å². The van der Waals surface area contributed by atoms with Gasteiger partial charge in [0, 0.05) is 43.1 Å². The average Bonchev–Trinajstić information content (AvgIpc) is 3.24. The number of aromatic carboxylic acids is 1. The zero-order chi connectivity index (χ0) is 21.3. The van der Waals surface area contributed by atoms with Crippen molar-refractivity contribution in [2.45, 2.75) is 31.6 Å². The third kappa shape index (κ3) is 2.87. The summed E-state index contributed by atoms with van der Waals surface area (Å²) in [6, 6.07) is 2.87. The highest BCUT2D eigenvalue weighted by atomic mass is 35.5. The van der Waals surface area contributed by atoms with Crippen molar-refractivity contribution in [1.82, 2.24) is 4.57 Å². The maximum atomic E-state index is 13.9. The molecule has 1 aliphatic heterocycles. The minimum absolute atomic E-state index is 0.00880. The van der Waals surface area contributed by atoms with E-state index in [0.29, 0.717) is 28.3 Å². The first-order valence-corrected chi connectivity index (χ1v) is 10.6. The zero-order valence-electron chi connectivity index (χ0n) is 16.5. The molecule has 2 aliphatic carbocycles. The number of halogens is 2. The van der Waals surface area contributed by atoms with Crippen molar-refractivity contribution in [3.63, 3.8) is 0 Å². The molecular formula is C22H23ClFN3O3. The Kier molecular flexibility index (Phi) is 4.45. The van der Waals surface area contributed by atoms with Crippen LogP contribution in [0.3, 0.4) is 0 Å². The summed E-state index contributed by atoms with van der Waals surface area (Å²) in [6.07, 6.45) is 4.67. The second-order valence-electron chi connectivity index (χ2n) is 8.75. The number of aromatic nitrogens is 1. The van der Waals surface area contributed by atoms with Crippen LogP contribution in [0.4, 0.5) is 10.1 Å². The highest BCUT2D eigenvalue weighted by Gasteiger charge is 2.42. The van der Waals surface area contributed by atoms with Crippen molar-refractivity contribution in [3.05, 3.63) is 51.3 Å². The molecule has 0 spiro atoms. The third-order valence-corrected chi connectivity index (χ3v) is 7.31. The number of hydrogen-bond acceptors (Lipinski definition) is 4. The van der Waals surface area contributed by atoms with Crippen LogP contribution in [0.5, 0.6) is 0 Å². The number of anilines is 1. The van der Waals surface area contributed by atoms with Crippen LogP contribution >= 0.6 is 11.6 Å². The van der Waals surface area contributed by atoms with Crippen LogP contribution in [0.2, 0.25) is 5.02 Å². The fraction of sp³-hybridized carbons (Fsp3) is 0.455. The van der Waals surface area contributed by atoms with Crippen LogP contribution in [0.1, 0.15) is 29.7 Å². The Morgan fingerprint density at radius 1 is 1.27 bits per heavy atom. The van der Waals surface area contributed by atoms with E-state index >= 15 is 0 Å². The molecule has 158 valence electrons. The van der Waals surface area contributed by atoms with Gasteiger partial charge in [-0.15, -0.1) is 0 Å². The number of nitrogens with two attached hydrogens (primary N) is 1. The van der Waals surface area contributed by atoms with E-state index in [1.54, 1.807) is 12.1 Å². The van der Waals surface area contributed by atoms with E-state index in [1.807, 2.05) is 0 Å². The molecule has 0 radical (unpaired) electrons. The maximum absolute atomic E-state index is 13.9. The van der Waals surface area contributed by atoms with E-state index in [0.717, 1.165) is 18.8 Å². The quantitative estimate of drug-likeness (QED) is 0.728. The number of nitrogens with zero attached hydrogens (tertiary/aromatic N) is 2. The first-order valence-electron chi connectivity index (χ1n) is 10.2. The van der Waals surface area contributed by atoms with Gasteiger partial charge < -0.3 is 20.3 Å². The fourth-order valence-electron chi connectivity index (χ4n) is 5.10. The normalized spacial score (nSPS) is 32.5. The molecule has 0 amide bonds. The topological polar surface area (TPSA) is 88.6 Å². The van der Waals surface area contributed by atoms with Gasteiger partial charge in [0.2, 0.25) is 5.43 Å². The van der Waals surface area contributed by atoms with Crippen LogP contribution in [0, 0.1) is 17.8 Å². The van der Waals surface area contributed by atoms with Gasteiger partial charge in [-0.3, -0.25) is 4.79 Å². The molecular weight excluding hydrogens is 409 g/mol. The second kappa shape index (κ2) is 6.82. The lowest BCUT2D eigenvalue weighted by Crippen LogP contribution is -2.38. The standard InChI is InChI=1S/C22H23ClFN3O3/c1-10-2-4-16(25)13-8-26(7-12(10)13)17-5-3-11-20(19(17)23)27(18-6-15(18)24)9-14(21(11)28)22(29)30/h2-5,9-10,12-13,15-16,18H,6-8,25H2,1H3,(H,29,30)/t10?,12?,13?,15-,16?,18-/m1/s1. The summed E-state index contributed by atoms with van der Waals surface area (Å²) >= 11 is 6.80. The highest BCUT2D eigenvalue weighted by Crippen LogP contribution is 2.45. The van der Waals surface area contributed by atoms with Gasteiger partial charge in [0.25, 0.3) is 0 Å². The number of carboxylic acid groups (broad SMARTS) is 1. The largest absolute Gasteiger partial charge is 0.477 e. The summed E-state index contributed by atoms with van der Waals surface area (Å²) in [7, 11) is 0. The summed E-state index contributed by atoms with van der Waals surface area (Å²) in [5.74, 6) is -0.195. The van der Waals surface area contributed by atoms with E-state index in [-0.39, 0.29) is 23.4 Å². The van der Waals surface area contributed by atoms with Gasteiger partial charge in [-0.1, -0.05) is 30.7 Å². The SMILES string of the molecule is CC1C=CC(N)C2CN(c3ccc4c(=O)c(C(=O)O)cn([C@@H]5C[C@H]5F)c4c3Cl)CC12. The Morgan fingerprint density at radius 2 is 1.97 bits per heavy atom. The molecule has 8 heteroatoms. The number of carbonyl (C=O) groups is 1. The lowest BCUT2D eigenvalue weighted by atomic mass is 9.77. The Hall–Kier alpha value is -2.38. The summed E-state index contributed by atoms with van der Waals surface area (Å²) in [6.45, 7) is 3.73. The van der Waals surface area contributed by atoms with E-state index in [9.17, 15) is 19.1 Å². The number of rotatable bonds is 3. The first kappa shape index (κ1) is 19.6. The molecule has 3 aliphatic rings. The second-order valence-corrected chi connectivity index (χ2v) is 9.13. The molecule has 1 saturated carbocycles. The van der Waals surface area contributed by atoms with Crippen molar-refractivity contribution in [2.75, 3.05) is 18.0 Å². The minimum atomic E-state index is -1.33. The van der Waals surface area contributed by atoms with Crippen molar-refractivity contribution in [1.29, 1.82) is 0 Å². The molecule has 3 N–H and O–H groups in total. The smallest absolute Gasteiger partial charge is 0.341 e. The molecule has 1 aromatic heterocycles. The number of alkyl halides is 1. The van der Waals surface area contributed by atoms with Crippen LogP contribution in [0.15, 0.2) is 35.3 Å². The molecule has 6 nitrogen and oxygen atoms in total. The van der Waals surface area contributed by atoms with Gasteiger partial charge in [-0.2, -0.15) is 0 Å². The molecule has 30 heavy (non-hydrogen) atoms. The number of hydrogen-bond donors (Lipinski definition) is 2. The Bertz CT molecular complexity index is 1130. The summed E-state index contributed by atoms with van der Waals surface area (Å²) in [5, 5.41) is 9.97. The number of carboxylic acids is 1. The number of allylic oxidation sites excluding steroid dienone is 1. The van der Waals surface area contributed by atoms with Gasteiger partial charge >= 0.3 is 5.97 Å². The van der Waals surface area contributed by atoms with Gasteiger partial charge in [0.15, 0.2) is 0 Å². The molecule has 2 aromatic rings. The molecule has 0 bridgehead atoms. The lowest BCUT2D eigenvalue weighted by Gasteiger charge is -2.30. The Balaban J connectivity index is 1.64. The molecule has 1 aromatic carbocycles. The van der Waals surface area contributed by atoms with Gasteiger partial charge in [-0.25, -0.2) is 9.18 Å². The highest BCUT2D eigenvalue weighted by molar-refractivity contribution is 6.38. The molecule has 1 saturated heterocycles. The Morgan fingerprint density at radius 3 is 2.60 bits per heavy atom. The predicted molar refractivity (Wildman–Crippen MR) is 114 cm³/mol. The lowest BCUT2D eigenvalue weighted by molar-refractivity contribution is 0.0694. The van der Waals surface area contributed by atoms with E-state index in [2.05, 4.69) is 24.0 Å². The van der Waals surface area contributed by atoms with Gasteiger partial charge in [0.1, 0.15) is 11.7 Å². The van der Waals surface area contributed by atoms with Crippen molar-refractivity contribution in [3.8, 4) is 0 Å². The van der Waals surface area contributed by atoms with Crippen molar-refractivity contribution < 1.29 is 14.3 Å². The first-order chi connectivity index (χ1) is 14.3. The minimum Gasteiger partial charge on any atom is -0.477 e. The molecule has 2 heterocycles. The maximum Gasteiger partial charge on any atom is 0.341 e. The molecule has 6 atom stereocenters. The molecule has 2 fully saturated rings. The summed E-state index contributed by atoms with van der Waals surface area (Å²) < 4.78 is 15.5. The average molecular weight is 432 g/mol. The Labute approximate surface area is 177 Å². The zero-order valence-corrected chi connectivity index (χ0v) is 17.2. The van der Waals surface area contributed by atoms with Crippen LogP contribution < -0.4 is 16.1 Å². The van der Waals surface area contributed by atoms with Crippen LogP contribution in [-0.4, -0.2) is 40.9 Å². The van der Waals surface area contributed by atoms with Gasteiger partial charge in [0.05, 0.1) is 22.3 Å². The third-order valence-electron chi connectivity index (χ3n) is 6.94. The van der Waals surface area contributed by atoms with Crippen molar-refractivity contribution in [2.24, 2.45) is 23.5 Å². The van der Waals surface area contributed by atoms with E-state index in [4.69, 9.17) is 17.3 Å². The number of fused-ring (bicyclic) bond motifs is 2. The fourth-order valence-corrected chi connectivity index (χ4v) is 5.48. The molecule has 4 unspecified atom stereocenters. The predicted octanol–water partition coefficient (Wildman–Crippen LogP) is 3.22.